The van der Waals surface area contributed by atoms with Gasteiger partial charge in [0.05, 0.1) is 22.4 Å². The molecule has 3 heterocycles. The van der Waals surface area contributed by atoms with Gasteiger partial charge in [0.1, 0.15) is 5.03 Å². The van der Waals surface area contributed by atoms with Crippen molar-refractivity contribution in [1.82, 2.24) is 14.3 Å². The van der Waals surface area contributed by atoms with Crippen LogP contribution in [0.15, 0.2) is 57.0 Å². The van der Waals surface area contributed by atoms with Gasteiger partial charge in [0.15, 0.2) is 11.6 Å². The number of carbonyl (C=O) groups excluding carboxylic acids is 1. The number of carbonyl (C=O) groups is 1. The molecule has 0 radical (unpaired) electrons. The molecular weight excluding hydrogens is 460 g/mol. The molecule has 1 aliphatic rings. The van der Waals surface area contributed by atoms with Crippen LogP contribution in [0.1, 0.15) is 41.7 Å². The lowest BCUT2D eigenvalue weighted by molar-refractivity contribution is 0.102. The number of nitrogens with one attached hydrogen (secondary N) is 1. The number of thioether (sulfide) groups is 1. The first kappa shape index (κ1) is 23.5. The molecule has 0 bridgehead atoms. The lowest BCUT2D eigenvalue weighted by atomic mass is 10.2. The van der Waals surface area contributed by atoms with Gasteiger partial charge in [-0.05, 0) is 56.4 Å². The first-order valence-electron chi connectivity index (χ1n) is 10.8. The average molecular weight is 487 g/mol. The summed E-state index contributed by atoms with van der Waals surface area (Å²) in [6, 6.07) is 9.89. The third kappa shape index (κ3) is 5.13. The predicted octanol–water partition coefficient (Wildman–Crippen LogP) is 4.58. The van der Waals surface area contributed by atoms with Gasteiger partial charge in [-0.3, -0.25) is 4.79 Å². The monoisotopic (exact) mass is 486 g/mol. The average Bonchev–Trinajstić information content (AvgIpc) is 3.20. The zero-order chi connectivity index (χ0) is 23.4. The quantitative estimate of drug-likeness (QED) is 0.401. The van der Waals surface area contributed by atoms with E-state index in [1.165, 1.54) is 22.1 Å². The van der Waals surface area contributed by atoms with Crippen molar-refractivity contribution in [3.63, 3.8) is 0 Å². The zero-order valence-electron chi connectivity index (χ0n) is 18.6. The van der Waals surface area contributed by atoms with Crippen molar-refractivity contribution in [1.29, 1.82) is 0 Å². The van der Waals surface area contributed by atoms with Crippen LogP contribution in [0.5, 0.6) is 0 Å². The Bertz CT molecular complexity index is 1240. The van der Waals surface area contributed by atoms with Gasteiger partial charge in [-0.25, -0.2) is 18.4 Å². The van der Waals surface area contributed by atoms with Crippen LogP contribution in [-0.2, 0) is 10.0 Å². The van der Waals surface area contributed by atoms with Crippen molar-refractivity contribution >= 4 is 33.4 Å². The highest BCUT2D eigenvalue weighted by molar-refractivity contribution is 7.98. The topological polar surface area (TPSA) is 105 Å². The predicted molar refractivity (Wildman–Crippen MR) is 128 cm³/mol. The van der Waals surface area contributed by atoms with Crippen molar-refractivity contribution in [3.05, 3.63) is 53.9 Å². The summed E-state index contributed by atoms with van der Waals surface area (Å²) in [5, 5.41) is 3.33. The molecule has 174 valence electrons. The van der Waals surface area contributed by atoms with Crippen molar-refractivity contribution in [2.75, 3.05) is 24.7 Å². The van der Waals surface area contributed by atoms with E-state index in [1.54, 1.807) is 43.5 Å². The van der Waals surface area contributed by atoms with Crippen molar-refractivity contribution in [2.45, 2.75) is 42.5 Å². The summed E-state index contributed by atoms with van der Waals surface area (Å²) < 4.78 is 33.2. The van der Waals surface area contributed by atoms with E-state index in [0.29, 0.717) is 46.6 Å². The minimum absolute atomic E-state index is 0.174. The number of amides is 1. The lowest BCUT2D eigenvalue weighted by Gasteiger charge is -2.20. The minimum atomic E-state index is -3.62. The maximum absolute atomic E-state index is 13.1. The first-order valence-corrected chi connectivity index (χ1v) is 13.4. The number of benzene rings is 1. The second-order valence-corrected chi connectivity index (χ2v) is 10.5. The summed E-state index contributed by atoms with van der Waals surface area (Å²) in [5.41, 5.74) is 1.25. The molecule has 4 rings (SSSR count). The van der Waals surface area contributed by atoms with E-state index in [0.717, 1.165) is 25.7 Å². The third-order valence-electron chi connectivity index (χ3n) is 5.51. The number of sulfonamides is 1. The molecule has 0 saturated carbocycles. The van der Waals surface area contributed by atoms with Crippen LogP contribution in [0.25, 0.3) is 11.6 Å². The fourth-order valence-electron chi connectivity index (χ4n) is 3.83. The van der Waals surface area contributed by atoms with Crippen LogP contribution in [0, 0.1) is 6.92 Å². The van der Waals surface area contributed by atoms with Crippen LogP contribution in [-0.4, -0.2) is 47.9 Å². The summed E-state index contributed by atoms with van der Waals surface area (Å²) in [6.45, 7) is 2.78. The molecule has 0 unspecified atom stereocenters. The normalized spacial score (nSPS) is 15.2. The molecule has 1 amide bonds. The van der Waals surface area contributed by atoms with Crippen LogP contribution in [0.4, 0.5) is 5.69 Å². The summed E-state index contributed by atoms with van der Waals surface area (Å²) in [5.74, 6) is 0.530. The Morgan fingerprint density at radius 2 is 1.85 bits per heavy atom. The molecule has 8 nitrogen and oxygen atoms in total. The molecule has 2 aromatic heterocycles. The summed E-state index contributed by atoms with van der Waals surface area (Å²) in [4.78, 5) is 22.2. The number of hydrogen-bond acceptors (Lipinski definition) is 7. The Morgan fingerprint density at radius 1 is 1.09 bits per heavy atom. The summed E-state index contributed by atoms with van der Waals surface area (Å²) in [6.07, 6.45) is 7.18. The van der Waals surface area contributed by atoms with Crippen LogP contribution < -0.4 is 5.32 Å². The number of nitrogens with zero attached hydrogens (tertiary/aromatic N) is 3. The molecule has 0 aliphatic carbocycles. The van der Waals surface area contributed by atoms with Crippen LogP contribution in [0.2, 0.25) is 0 Å². The Balaban J connectivity index is 1.59. The van der Waals surface area contributed by atoms with E-state index < -0.39 is 15.9 Å². The van der Waals surface area contributed by atoms with Crippen LogP contribution in [0.3, 0.4) is 0 Å². The number of aromatic nitrogens is 2. The van der Waals surface area contributed by atoms with Gasteiger partial charge in [0, 0.05) is 18.8 Å². The van der Waals surface area contributed by atoms with Crippen molar-refractivity contribution < 1.29 is 17.6 Å². The molecule has 10 heteroatoms. The number of anilines is 1. The standard InChI is InChI=1S/C23H26N4O4S2/c1-16-20(23(32-2)26-21(24-16)19-11-8-14-31-19)22(28)25-17-9-7-10-18(15-17)33(29,30)27-12-5-3-4-6-13-27/h7-11,14-15H,3-6,12-13H2,1-2H3,(H,25,28). The van der Waals surface area contributed by atoms with E-state index in [-0.39, 0.29) is 4.90 Å². The molecule has 1 aliphatic heterocycles. The Kier molecular flexibility index (Phi) is 7.16. The summed E-state index contributed by atoms with van der Waals surface area (Å²) in [7, 11) is -3.62. The minimum Gasteiger partial charge on any atom is -0.461 e. The fraction of sp³-hybridized carbons (Fsp3) is 0.348. The van der Waals surface area contributed by atoms with Gasteiger partial charge < -0.3 is 9.73 Å². The maximum Gasteiger partial charge on any atom is 0.260 e. The molecule has 1 aromatic carbocycles. The van der Waals surface area contributed by atoms with Gasteiger partial charge >= 0.3 is 0 Å². The molecular formula is C23H26N4O4S2. The van der Waals surface area contributed by atoms with E-state index in [2.05, 4.69) is 15.3 Å². The highest BCUT2D eigenvalue weighted by atomic mass is 32.2. The highest BCUT2D eigenvalue weighted by Gasteiger charge is 2.26. The maximum atomic E-state index is 13.1. The molecule has 33 heavy (non-hydrogen) atoms. The number of furan rings is 1. The Morgan fingerprint density at radius 3 is 2.52 bits per heavy atom. The number of aryl methyl sites for hydroxylation is 1. The molecule has 1 N–H and O–H groups in total. The number of hydrogen-bond donors (Lipinski definition) is 1. The largest absolute Gasteiger partial charge is 0.461 e. The second-order valence-electron chi connectivity index (χ2n) is 7.79. The van der Waals surface area contributed by atoms with Gasteiger partial charge in [0.25, 0.3) is 5.91 Å². The molecule has 1 saturated heterocycles. The van der Waals surface area contributed by atoms with Crippen LogP contribution >= 0.6 is 11.8 Å². The molecule has 1 fully saturated rings. The number of rotatable bonds is 6. The highest BCUT2D eigenvalue weighted by Crippen LogP contribution is 2.27. The van der Waals surface area contributed by atoms with E-state index in [1.807, 2.05) is 6.26 Å². The zero-order valence-corrected chi connectivity index (χ0v) is 20.2. The van der Waals surface area contributed by atoms with Gasteiger partial charge in [-0.15, -0.1) is 11.8 Å². The summed E-state index contributed by atoms with van der Waals surface area (Å²) >= 11 is 1.33. The van der Waals surface area contributed by atoms with E-state index >= 15 is 0 Å². The van der Waals surface area contributed by atoms with Crippen molar-refractivity contribution in [3.8, 4) is 11.6 Å². The van der Waals surface area contributed by atoms with Crippen molar-refractivity contribution in [2.24, 2.45) is 0 Å². The molecule has 0 spiro atoms. The Hall–Kier alpha value is -2.69. The van der Waals surface area contributed by atoms with Gasteiger partial charge in [-0.2, -0.15) is 4.31 Å². The Labute approximate surface area is 197 Å². The SMILES string of the molecule is CSc1nc(-c2ccco2)nc(C)c1C(=O)Nc1cccc(S(=O)(=O)N2CCCCCC2)c1. The first-order chi connectivity index (χ1) is 15.9. The second kappa shape index (κ2) is 10.1. The van der Waals surface area contributed by atoms with Gasteiger partial charge in [0.2, 0.25) is 10.0 Å². The van der Waals surface area contributed by atoms with E-state index in [4.69, 9.17) is 4.42 Å². The third-order valence-corrected chi connectivity index (χ3v) is 8.09. The molecule has 3 aromatic rings. The molecule has 0 atom stereocenters. The fourth-order valence-corrected chi connectivity index (χ4v) is 6.02. The van der Waals surface area contributed by atoms with Gasteiger partial charge in [-0.1, -0.05) is 18.9 Å². The van der Waals surface area contributed by atoms with E-state index in [9.17, 15) is 13.2 Å². The lowest BCUT2D eigenvalue weighted by Crippen LogP contribution is -2.32. The smallest absolute Gasteiger partial charge is 0.260 e.